The highest BCUT2D eigenvalue weighted by atomic mass is 32.1. The van der Waals surface area contributed by atoms with Gasteiger partial charge in [0.25, 0.3) is 0 Å². The predicted molar refractivity (Wildman–Crippen MR) is 261 cm³/mol. The fourth-order valence-corrected chi connectivity index (χ4v) is 10.00. The van der Waals surface area contributed by atoms with Crippen LogP contribution in [0.15, 0.2) is 229 Å². The first-order valence-electron chi connectivity index (χ1n) is 20.7. The summed E-state index contributed by atoms with van der Waals surface area (Å²) in [7, 11) is 0. The van der Waals surface area contributed by atoms with E-state index in [1.54, 1.807) is 0 Å². The molecule has 0 aliphatic heterocycles. The number of hydrogen-bond donors (Lipinski definition) is 0. The van der Waals surface area contributed by atoms with Crippen molar-refractivity contribution in [3.8, 4) is 44.5 Å². The van der Waals surface area contributed by atoms with Crippen LogP contribution in [0, 0.1) is 0 Å². The molecular formula is C58H37NOS. The van der Waals surface area contributed by atoms with Crippen molar-refractivity contribution in [2.24, 2.45) is 0 Å². The Balaban J connectivity index is 0.909. The number of furan rings is 1. The van der Waals surface area contributed by atoms with Crippen LogP contribution in [0.25, 0.3) is 97.4 Å². The topological polar surface area (TPSA) is 16.4 Å². The van der Waals surface area contributed by atoms with Gasteiger partial charge in [0.1, 0.15) is 11.2 Å². The van der Waals surface area contributed by atoms with Gasteiger partial charge in [0.15, 0.2) is 0 Å². The van der Waals surface area contributed by atoms with Crippen LogP contribution in [0.1, 0.15) is 0 Å². The maximum absolute atomic E-state index is 6.17. The molecule has 0 aliphatic rings. The summed E-state index contributed by atoms with van der Waals surface area (Å²) in [4.78, 5) is 2.36. The highest BCUT2D eigenvalue weighted by Gasteiger charge is 2.16. The van der Waals surface area contributed by atoms with Crippen LogP contribution in [-0.2, 0) is 0 Å². The van der Waals surface area contributed by atoms with Crippen LogP contribution in [0.4, 0.5) is 17.1 Å². The molecule has 0 aliphatic carbocycles. The van der Waals surface area contributed by atoms with E-state index in [1.807, 2.05) is 23.5 Å². The average molecular weight is 796 g/mol. The molecule has 0 saturated heterocycles. The Morgan fingerprint density at radius 1 is 0.279 bits per heavy atom. The van der Waals surface area contributed by atoms with Gasteiger partial charge in [0.2, 0.25) is 0 Å². The van der Waals surface area contributed by atoms with Crippen molar-refractivity contribution in [2.45, 2.75) is 0 Å². The molecule has 12 rings (SSSR count). The summed E-state index contributed by atoms with van der Waals surface area (Å²) < 4.78 is 8.81. The molecule has 0 amide bonds. The van der Waals surface area contributed by atoms with E-state index in [9.17, 15) is 0 Å². The van der Waals surface area contributed by atoms with Crippen LogP contribution in [0.2, 0.25) is 0 Å². The molecule has 0 atom stereocenters. The maximum Gasteiger partial charge on any atom is 0.135 e. The van der Waals surface area contributed by atoms with Crippen molar-refractivity contribution in [3.63, 3.8) is 0 Å². The monoisotopic (exact) mass is 795 g/mol. The zero-order valence-corrected chi connectivity index (χ0v) is 33.9. The fraction of sp³-hybridized carbons (Fsp3) is 0. The molecule has 0 saturated carbocycles. The number of thiophene rings is 1. The molecule has 2 nitrogen and oxygen atoms in total. The van der Waals surface area contributed by atoms with E-state index in [0.29, 0.717) is 0 Å². The Bertz CT molecular complexity index is 3580. The van der Waals surface area contributed by atoms with Gasteiger partial charge < -0.3 is 9.32 Å². The number of fused-ring (bicyclic) bond motifs is 7. The SMILES string of the molecule is c1cc(-c2ccc3oc4ccccc4c3c2)cc(N(c2ccc(-c3ccc(-c4ccc5ccccc5c4)cc3)cc2)c2ccc(-c3ccc4sc5ccccc5c4c3)cc2)c1. The van der Waals surface area contributed by atoms with Gasteiger partial charge in [-0.2, -0.15) is 0 Å². The van der Waals surface area contributed by atoms with E-state index < -0.39 is 0 Å². The van der Waals surface area contributed by atoms with Crippen molar-refractivity contribution in [3.05, 3.63) is 224 Å². The van der Waals surface area contributed by atoms with Gasteiger partial charge >= 0.3 is 0 Å². The Hall–Kier alpha value is -7.72. The molecule has 10 aromatic carbocycles. The minimum absolute atomic E-state index is 0.901. The van der Waals surface area contributed by atoms with Gasteiger partial charge in [-0.3, -0.25) is 0 Å². The second kappa shape index (κ2) is 14.5. The summed E-state index contributed by atoms with van der Waals surface area (Å²) >= 11 is 1.86. The van der Waals surface area contributed by atoms with Gasteiger partial charge in [-0.25, -0.2) is 0 Å². The summed E-state index contributed by atoms with van der Waals surface area (Å²) in [6, 6.07) is 81.3. The molecule has 0 radical (unpaired) electrons. The van der Waals surface area contributed by atoms with Crippen molar-refractivity contribution < 1.29 is 4.42 Å². The highest BCUT2D eigenvalue weighted by molar-refractivity contribution is 7.25. The number of para-hydroxylation sites is 1. The highest BCUT2D eigenvalue weighted by Crippen LogP contribution is 2.41. The van der Waals surface area contributed by atoms with Gasteiger partial charge in [-0.05, 0) is 134 Å². The Morgan fingerprint density at radius 3 is 1.56 bits per heavy atom. The average Bonchev–Trinajstić information content (AvgIpc) is 3.90. The van der Waals surface area contributed by atoms with Gasteiger partial charge in [0.05, 0.1) is 0 Å². The summed E-state index contributed by atoms with van der Waals surface area (Å²) in [6.07, 6.45) is 0. The van der Waals surface area contributed by atoms with Crippen LogP contribution in [-0.4, -0.2) is 0 Å². The maximum atomic E-state index is 6.17. The fourth-order valence-electron chi connectivity index (χ4n) is 8.91. The van der Waals surface area contributed by atoms with Gasteiger partial charge in [0, 0.05) is 48.0 Å². The molecule has 286 valence electrons. The number of hydrogen-bond acceptors (Lipinski definition) is 3. The zero-order valence-electron chi connectivity index (χ0n) is 33.1. The third kappa shape index (κ3) is 6.35. The van der Waals surface area contributed by atoms with Crippen molar-refractivity contribution >= 4 is 81.3 Å². The summed E-state index contributed by atoms with van der Waals surface area (Å²) in [5.41, 5.74) is 14.6. The van der Waals surface area contributed by atoms with E-state index in [2.05, 4.69) is 217 Å². The van der Waals surface area contributed by atoms with Crippen molar-refractivity contribution in [1.29, 1.82) is 0 Å². The third-order valence-electron chi connectivity index (χ3n) is 12.1. The largest absolute Gasteiger partial charge is 0.456 e. The van der Waals surface area contributed by atoms with E-state index in [-0.39, 0.29) is 0 Å². The Labute approximate surface area is 357 Å². The normalized spacial score (nSPS) is 11.6. The van der Waals surface area contributed by atoms with Crippen LogP contribution >= 0.6 is 11.3 Å². The number of nitrogens with zero attached hydrogens (tertiary/aromatic N) is 1. The lowest BCUT2D eigenvalue weighted by Crippen LogP contribution is -2.10. The predicted octanol–water partition coefficient (Wildman–Crippen LogP) is 17.2. The molecule has 0 N–H and O–H groups in total. The van der Waals surface area contributed by atoms with Crippen molar-refractivity contribution in [2.75, 3.05) is 4.90 Å². The second-order valence-corrected chi connectivity index (χ2v) is 16.8. The molecular weight excluding hydrogens is 759 g/mol. The minimum Gasteiger partial charge on any atom is -0.456 e. The number of benzene rings is 10. The molecule has 0 unspecified atom stereocenters. The van der Waals surface area contributed by atoms with Crippen molar-refractivity contribution in [1.82, 2.24) is 0 Å². The minimum atomic E-state index is 0.901. The molecule has 0 spiro atoms. The summed E-state index contributed by atoms with van der Waals surface area (Å²) in [5.74, 6) is 0. The molecule has 0 bridgehead atoms. The standard InChI is InChI=1S/C58H37NOS/c1-2-9-43-34-45(21-20-38(43)8-1)41-18-16-39(17-19-41)40-22-28-48(29-23-40)59(49-30-24-42(25-31-49)46-27-33-58-54(37-46)52-13-4-6-15-57(52)61-58)50-11-7-10-44(35-50)47-26-32-56-53(36-47)51-12-3-5-14-55(51)60-56/h1-37H. The van der Waals surface area contributed by atoms with E-state index in [1.165, 1.54) is 64.3 Å². The number of rotatable bonds is 7. The molecule has 0 fully saturated rings. The van der Waals surface area contributed by atoms with Crippen LogP contribution in [0.5, 0.6) is 0 Å². The van der Waals surface area contributed by atoms with Crippen LogP contribution < -0.4 is 4.90 Å². The van der Waals surface area contributed by atoms with Gasteiger partial charge in [-0.15, -0.1) is 11.3 Å². The lowest BCUT2D eigenvalue weighted by Gasteiger charge is -2.26. The summed E-state index contributed by atoms with van der Waals surface area (Å²) in [6.45, 7) is 0. The smallest absolute Gasteiger partial charge is 0.135 e. The third-order valence-corrected chi connectivity index (χ3v) is 13.2. The molecule has 3 heteroatoms. The first-order valence-corrected chi connectivity index (χ1v) is 21.5. The zero-order chi connectivity index (χ0) is 40.3. The first kappa shape index (κ1) is 35.2. The molecule has 2 heterocycles. The lowest BCUT2D eigenvalue weighted by atomic mass is 9.98. The first-order chi connectivity index (χ1) is 30.2. The molecule has 61 heavy (non-hydrogen) atoms. The number of anilines is 3. The van der Waals surface area contributed by atoms with Gasteiger partial charge in [-0.1, -0.05) is 146 Å². The van der Waals surface area contributed by atoms with E-state index in [0.717, 1.165) is 50.1 Å². The Kier molecular flexibility index (Phi) is 8.39. The lowest BCUT2D eigenvalue weighted by molar-refractivity contribution is 0.669. The Morgan fingerprint density at radius 2 is 0.787 bits per heavy atom. The van der Waals surface area contributed by atoms with E-state index >= 15 is 0 Å². The summed E-state index contributed by atoms with van der Waals surface area (Å²) in [5, 5.41) is 7.40. The van der Waals surface area contributed by atoms with E-state index in [4.69, 9.17) is 4.42 Å². The quantitative estimate of drug-likeness (QED) is 0.160. The molecule has 12 aromatic rings. The van der Waals surface area contributed by atoms with Crippen LogP contribution in [0.3, 0.4) is 0 Å². The second-order valence-electron chi connectivity index (χ2n) is 15.7. The molecule has 2 aromatic heterocycles.